The maximum Gasteiger partial charge on any atom is 0.225 e. The number of rotatable bonds is 7. The minimum atomic E-state index is -0.574. The fourth-order valence-electron chi connectivity index (χ4n) is 3.04. The zero-order valence-corrected chi connectivity index (χ0v) is 15.7. The molecular formula is C18H29ClN2O4. The second-order valence-electron chi connectivity index (χ2n) is 6.35. The van der Waals surface area contributed by atoms with Crippen LogP contribution in [0.25, 0.3) is 0 Å². The third kappa shape index (κ3) is 6.06. The molecule has 1 fully saturated rings. The van der Waals surface area contributed by atoms with Crippen LogP contribution in [-0.4, -0.2) is 55.4 Å². The Morgan fingerprint density at radius 2 is 2.00 bits per heavy atom. The van der Waals surface area contributed by atoms with Crippen LogP contribution in [0.4, 0.5) is 0 Å². The van der Waals surface area contributed by atoms with Gasteiger partial charge in [0.25, 0.3) is 0 Å². The lowest BCUT2D eigenvalue weighted by Crippen LogP contribution is -2.45. The van der Waals surface area contributed by atoms with Gasteiger partial charge in [-0.3, -0.25) is 4.79 Å². The molecular weight excluding hydrogens is 344 g/mol. The van der Waals surface area contributed by atoms with Gasteiger partial charge in [-0.25, -0.2) is 0 Å². The molecule has 1 amide bonds. The van der Waals surface area contributed by atoms with Crippen molar-refractivity contribution in [3.05, 3.63) is 24.3 Å². The minimum Gasteiger partial charge on any atom is -0.493 e. The van der Waals surface area contributed by atoms with E-state index in [-0.39, 0.29) is 30.3 Å². The molecule has 1 aromatic carbocycles. The molecule has 1 aromatic rings. The summed E-state index contributed by atoms with van der Waals surface area (Å²) in [4.78, 5) is 14.2. The van der Waals surface area contributed by atoms with Crippen LogP contribution >= 0.6 is 12.4 Å². The summed E-state index contributed by atoms with van der Waals surface area (Å²) in [5.41, 5.74) is 5.79. The second-order valence-corrected chi connectivity index (χ2v) is 6.35. The van der Waals surface area contributed by atoms with Crippen molar-refractivity contribution in [3.63, 3.8) is 0 Å². The van der Waals surface area contributed by atoms with E-state index >= 15 is 0 Å². The number of aliphatic hydroxyl groups excluding tert-OH is 1. The van der Waals surface area contributed by atoms with Crippen molar-refractivity contribution < 1.29 is 19.4 Å². The van der Waals surface area contributed by atoms with E-state index in [1.165, 1.54) is 0 Å². The van der Waals surface area contributed by atoms with Gasteiger partial charge in [0.15, 0.2) is 11.5 Å². The highest BCUT2D eigenvalue weighted by Gasteiger charge is 2.32. The summed E-state index contributed by atoms with van der Waals surface area (Å²) in [5, 5.41) is 9.84. The smallest absolute Gasteiger partial charge is 0.225 e. The van der Waals surface area contributed by atoms with Gasteiger partial charge in [-0.15, -0.1) is 12.4 Å². The van der Waals surface area contributed by atoms with E-state index in [2.05, 4.69) is 0 Å². The summed E-state index contributed by atoms with van der Waals surface area (Å²) >= 11 is 0. The number of nitrogens with two attached hydrogens (primary N) is 1. The van der Waals surface area contributed by atoms with E-state index in [4.69, 9.17) is 15.2 Å². The molecule has 2 rings (SSSR count). The maximum absolute atomic E-state index is 12.4. The fraction of sp³-hybridized carbons (Fsp3) is 0.611. The van der Waals surface area contributed by atoms with E-state index in [9.17, 15) is 9.90 Å². The first-order valence-corrected chi connectivity index (χ1v) is 8.47. The lowest BCUT2D eigenvalue weighted by Gasteiger charge is -2.32. The standard InChI is InChI=1S/C18H28N2O4.ClH/c1-20(18(22)13-8-9-14(19)15(21)12-13)10-5-11-24-17-7-4-3-6-16(17)23-2;/h3-4,6-7,13-15,21H,5,8-12,19H2,1-2H3;1H/t13-,14-,15-;/m0./s1. The average Bonchev–Trinajstić information content (AvgIpc) is 2.60. The molecule has 0 saturated heterocycles. The highest BCUT2D eigenvalue weighted by atomic mass is 35.5. The molecule has 0 aliphatic heterocycles. The molecule has 6 nitrogen and oxygen atoms in total. The van der Waals surface area contributed by atoms with E-state index in [0.29, 0.717) is 37.5 Å². The highest BCUT2D eigenvalue weighted by molar-refractivity contribution is 5.85. The number of nitrogens with zero attached hydrogens (tertiary/aromatic N) is 1. The van der Waals surface area contributed by atoms with Crippen LogP contribution in [0.1, 0.15) is 25.7 Å². The van der Waals surface area contributed by atoms with Crippen molar-refractivity contribution in [1.82, 2.24) is 4.90 Å². The predicted octanol–water partition coefficient (Wildman–Crippen LogP) is 1.83. The summed E-state index contributed by atoms with van der Waals surface area (Å²) in [7, 11) is 3.41. The number of carbonyl (C=O) groups is 1. The Morgan fingerprint density at radius 3 is 2.64 bits per heavy atom. The quantitative estimate of drug-likeness (QED) is 0.713. The number of benzene rings is 1. The van der Waals surface area contributed by atoms with Gasteiger partial charge >= 0.3 is 0 Å². The molecule has 0 unspecified atom stereocenters. The van der Waals surface area contributed by atoms with Gasteiger partial charge in [0.1, 0.15) is 0 Å². The summed E-state index contributed by atoms with van der Waals surface area (Å²) in [6, 6.07) is 7.30. The van der Waals surface area contributed by atoms with Crippen molar-refractivity contribution in [2.45, 2.75) is 37.8 Å². The monoisotopic (exact) mass is 372 g/mol. The summed E-state index contributed by atoms with van der Waals surface area (Å²) in [6.07, 6.45) is 2.06. The average molecular weight is 373 g/mol. The lowest BCUT2D eigenvalue weighted by atomic mass is 9.83. The third-order valence-electron chi connectivity index (χ3n) is 4.56. The Labute approximate surface area is 155 Å². The Bertz CT molecular complexity index is 544. The first kappa shape index (κ1) is 21.5. The van der Waals surface area contributed by atoms with Crippen LogP contribution in [0.15, 0.2) is 24.3 Å². The van der Waals surface area contributed by atoms with Crippen LogP contribution in [0.5, 0.6) is 11.5 Å². The normalized spacial score (nSPS) is 22.6. The van der Waals surface area contributed by atoms with Crippen molar-refractivity contribution in [2.75, 3.05) is 27.3 Å². The number of amides is 1. The number of hydrogen-bond donors (Lipinski definition) is 2. The molecule has 1 aliphatic carbocycles. The molecule has 142 valence electrons. The predicted molar refractivity (Wildman–Crippen MR) is 99.3 cm³/mol. The first-order valence-electron chi connectivity index (χ1n) is 8.47. The van der Waals surface area contributed by atoms with E-state index in [1.807, 2.05) is 24.3 Å². The molecule has 0 radical (unpaired) electrons. The zero-order valence-electron chi connectivity index (χ0n) is 14.9. The number of methoxy groups -OCH3 is 1. The number of para-hydroxylation sites is 2. The van der Waals surface area contributed by atoms with Crippen LogP contribution in [0.3, 0.4) is 0 Å². The number of ether oxygens (including phenoxy) is 2. The van der Waals surface area contributed by atoms with Crippen molar-refractivity contribution in [3.8, 4) is 11.5 Å². The van der Waals surface area contributed by atoms with Gasteiger partial charge in [0.2, 0.25) is 5.91 Å². The minimum absolute atomic E-state index is 0. The lowest BCUT2D eigenvalue weighted by molar-refractivity contribution is -0.136. The number of halogens is 1. The molecule has 3 N–H and O–H groups in total. The molecule has 0 spiro atoms. The molecule has 3 atom stereocenters. The van der Waals surface area contributed by atoms with Gasteiger partial charge in [-0.2, -0.15) is 0 Å². The summed E-state index contributed by atoms with van der Waals surface area (Å²) in [6.45, 7) is 1.13. The van der Waals surface area contributed by atoms with Crippen LogP contribution in [0.2, 0.25) is 0 Å². The van der Waals surface area contributed by atoms with E-state index in [1.54, 1.807) is 19.1 Å². The Kier molecular flexibility index (Phi) is 9.03. The maximum atomic E-state index is 12.4. The largest absolute Gasteiger partial charge is 0.493 e. The van der Waals surface area contributed by atoms with Gasteiger partial charge in [-0.05, 0) is 37.8 Å². The SMILES string of the molecule is COc1ccccc1OCCCN(C)C(=O)[C@H]1CC[C@H](N)[C@@H](O)C1.Cl. The molecule has 25 heavy (non-hydrogen) atoms. The number of carbonyl (C=O) groups excluding carboxylic acids is 1. The third-order valence-corrected chi connectivity index (χ3v) is 4.56. The molecule has 0 heterocycles. The van der Waals surface area contributed by atoms with Crippen molar-refractivity contribution in [2.24, 2.45) is 11.7 Å². The van der Waals surface area contributed by atoms with E-state index in [0.717, 1.165) is 12.8 Å². The number of hydrogen-bond acceptors (Lipinski definition) is 5. The molecule has 7 heteroatoms. The van der Waals surface area contributed by atoms with Crippen LogP contribution < -0.4 is 15.2 Å². The number of aliphatic hydroxyl groups is 1. The van der Waals surface area contributed by atoms with Gasteiger partial charge in [0.05, 0.1) is 19.8 Å². The van der Waals surface area contributed by atoms with Crippen molar-refractivity contribution >= 4 is 18.3 Å². The van der Waals surface area contributed by atoms with Crippen LogP contribution in [-0.2, 0) is 4.79 Å². The highest BCUT2D eigenvalue weighted by Crippen LogP contribution is 2.26. The van der Waals surface area contributed by atoms with Gasteiger partial charge in [-0.1, -0.05) is 12.1 Å². The van der Waals surface area contributed by atoms with Gasteiger partial charge < -0.3 is 25.2 Å². The zero-order chi connectivity index (χ0) is 17.5. The fourth-order valence-corrected chi connectivity index (χ4v) is 3.04. The van der Waals surface area contributed by atoms with Gasteiger partial charge in [0, 0.05) is 25.6 Å². The Morgan fingerprint density at radius 1 is 1.32 bits per heavy atom. The summed E-state index contributed by atoms with van der Waals surface area (Å²) < 4.78 is 11.0. The first-order chi connectivity index (χ1) is 11.5. The molecule has 0 bridgehead atoms. The second kappa shape index (κ2) is 10.5. The molecule has 0 aromatic heterocycles. The summed E-state index contributed by atoms with van der Waals surface area (Å²) in [5.74, 6) is 1.37. The molecule has 1 saturated carbocycles. The Balaban J connectivity index is 0.00000312. The van der Waals surface area contributed by atoms with E-state index < -0.39 is 6.10 Å². The Hall–Kier alpha value is -1.50. The molecule has 1 aliphatic rings. The van der Waals surface area contributed by atoms with Crippen molar-refractivity contribution in [1.29, 1.82) is 0 Å². The van der Waals surface area contributed by atoms with Crippen LogP contribution in [0, 0.1) is 5.92 Å². The topological polar surface area (TPSA) is 85.0 Å².